The smallest absolute Gasteiger partial charge is 0.247 e. The van der Waals surface area contributed by atoms with Gasteiger partial charge in [0.15, 0.2) is 0 Å². The van der Waals surface area contributed by atoms with Gasteiger partial charge in [0.25, 0.3) is 0 Å². The van der Waals surface area contributed by atoms with Crippen LogP contribution in [0, 0.1) is 5.92 Å². The minimum Gasteiger partial charge on any atom is -0.497 e. The SMILES string of the molecule is COc1ccc(/C=N/NC(=O)C(C)c2ccc(CC(C)C)cc2)cc1. The zero-order valence-electron chi connectivity index (χ0n) is 15.3. The number of benzene rings is 2. The Bertz CT molecular complexity index is 704. The van der Waals surface area contributed by atoms with Crippen LogP contribution in [0.1, 0.15) is 43.4 Å². The van der Waals surface area contributed by atoms with Crippen LogP contribution in [0.5, 0.6) is 5.75 Å². The number of carbonyl (C=O) groups is 1. The Morgan fingerprint density at radius 3 is 2.28 bits per heavy atom. The van der Waals surface area contributed by atoms with Crippen molar-refractivity contribution >= 4 is 12.1 Å². The highest BCUT2D eigenvalue weighted by Gasteiger charge is 2.14. The van der Waals surface area contributed by atoms with Gasteiger partial charge in [0, 0.05) is 0 Å². The molecule has 1 atom stereocenters. The molecule has 0 bridgehead atoms. The number of ether oxygens (including phenoxy) is 1. The lowest BCUT2D eigenvalue weighted by molar-refractivity contribution is -0.122. The third kappa shape index (κ3) is 5.75. The van der Waals surface area contributed by atoms with Gasteiger partial charge in [-0.25, -0.2) is 5.43 Å². The molecule has 2 aromatic rings. The van der Waals surface area contributed by atoms with E-state index < -0.39 is 0 Å². The van der Waals surface area contributed by atoms with E-state index in [9.17, 15) is 4.79 Å². The molecule has 0 heterocycles. The van der Waals surface area contributed by atoms with Crippen molar-refractivity contribution in [2.24, 2.45) is 11.0 Å². The molecular formula is C21H26N2O2. The van der Waals surface area contributed by atoms with E-state index in [1.165, 1.54) is 5.56 Å². The maximum atomic E-state index is 12.3. The topological polar surface area (TPSA) is 50.7 Å². The van der Waals surface area contributed by atoms with Crippen LogP contribution in [-0.2, 0) is 11.2 Å². The molecule has 25 heavy (non-hydrogen) atoms. The van der Waals surface area contributed by atoms with Gasteiger partial charge in [0.2, 0.25) is 5.91 Å². The monoisotopic (exact) mass is 338 g/mol. The van der Waals surface area contributed by atoms with Gasteiger partial charge in [0.1, 0.15) is 5.75 Å². The van der Waals surface area contributed by atoms with Crippen LogP contribution in [-0.4, -0.2) is 19.2 Å². The summed E-state index contributed by atoms with van der Waals surface area (Å²) in [6, 6.07) is 15.7. The van der Waals surface area contributed by atoms with Crippen LogP contribution in [0.4, 0.5) is 0 Å². The first-order valence-electron chi connectivity index (χ1n) is 8.55. The summed E-state index contributed by atoms with van der Waals surface area (Å²) in [7, 11) is 1.63. The van der Waals surface area contributed by atoms with Crippen LogP contribution >= 0.6 is 0 Å². The van der Waals surface area contributed by atoms with Crippen LogP contribution < -0.4 is 10.2 Å². The zero-order valence-corrected chi connectivity index (χ0v) is 15.3. The molecule has 0 saturated heterocycles. The maximum absolute atomic E-state index is 12.3. The average molecular weight is 338 g/mol. The van der Waals surface area contributed by atoms with Crippen molar-refractivity contribution in [3.63, 3.8) is 0 Å². The molecular weight excluding hydrogens is 312 g/mol. The van der Waals surface area contributed by atoms with Crippen LogP contribution in [0.2, 0.25) is 0 Å². The Hall–Kier alpha value is -2.62. The van der Waals surface area contributed by atoms with E-state index >= 15 is 0 Å². The molecule has 0 aromatic heterocycles. The molecule has 0 saturated carbocycles. The number of amides is 1. The molecule has 0 radical (unpaired) electrons. The molecule has 2 aromatic carbocycles. The predicted octanol–water partition coefficient (Wildman–Crippen LogP) is 4.15. The van der Waals surface area contributed by atoms with Crippen LogP contribution in [0.15, 0.2) is 53.6 Å². The minimum atomic E-state index is -0.249. The van der Waals surface area contributed by atoms with Crippen molar-refractivity contribution in [1.82, 2.24) is 5.43 Å². The number of nitrogens with zero attached hydrogens (tertiary/aromatic N) is 1. The molecule has 0 aliphatic carbocycles. The zero-order chi connectivity index (χ0) is 18.2. The highest BCUT2D eigenvalue weighted by atomic mass is 16.5. The van der Waals surface area contributed by atoms with E-state index in [2.05, 4.69) is 36.5 Å². The maximum Gasteiger partial charge on any atom is 0.247 e. The third-order valence-corrected chi connectivity index (χ3v) is 4.02. The fourth-order valence-corrected chi connectivity index (χ4v) is 2.52. The first-order valence-corrected chi connectivity index (χ1v) is 8.55. The molecule has 1 N–H and O–H groups in total. The van der Waals surface area contributed by atoms with Crippen LogP contribution in [0.3, 0.4) is 0 Å². The number of hydrogen-bond acceptors (Lipinski definition) is 3. The minimum absolute atomic E-state index is 0.124. The van der Waals surface area contributed by atoms with Gasteiger partial charge < -0.3 is 4.74 Å². The van der Waals surface area contributed by atoms with Gasteiger partial charge >= 0.3 is 0 Å². The summed E-state index contributed by atoms with van der Waals surface area (Å²) in [5, 5.41) is 4.04. The summed E-state index contributed by atoms with van der Waals surface area (Å²) < 4.78 is 5.11. The highest BCUT2D eigenvalue weighted by molar-refractivity contribution is 5.85. The molecule has 4 heteroatoms. The molecule has 1 amide bonds. The fourth-order valence-electron chi connectivity index (χ4n) is 2.52. The molecule has 0 aliphatic heterocycles. The fraction of sp³-hybridized carbons (Fsp3) is 0.333. The lowest BCUT2D eigenvalue weighted by atomic mass is 9.96. The molecule has 1 unspecified atom stereocenters. The third-order valence-electron chi connectivity index (χ3n) is 4.02. The van der Waals surface area contributed by atoms with Crippen LogP contribution in [0.25, 0.3) is 0 Å². The Morgan fingerprint density at radius 2 is 1.72 bits per heavy atom. The lowest BCUT2D eigenvalue weighted by Crippen LogP contribution is -2.23. The van der Waals surface area contributed by atoms with E-state index in [0.717, 1.165) is 23.3 Å². The largest absolute Gasteiger partial charge is 0.497 e. The Labute approximate surface area is 149 Å². The number of rotatable bonds is 7. The van der Waals surface area contributed by atoms with E-state index in [1.807, 2.05) is 43.3 Å². The van der Waals surface area contributed by atoms with Gasteiger partial charge in [0.05, 0.1) is 19.2 Å². The Balaban J connectivity index is 1.91. The van der Waals surface area contributed by atoms with Gasteiger partial charge in [-0.15, -0.1) is 0 Å². The first kappa shape index (κ1) is 18.7. The number of nitrogens with one attached hydrogen (secondary N) is 1. The van der Waals surface area contributed by atoms with E-state index in [4.69, 9.17) is 4.74 Å². The second-order valence-corrected chi connectivity index (χ2v) is 6.57. The molecule has 2 rings (SSSR count). The van der Waals surface area contributed by atoms with E-state index in [-0.39, 0.29) is 11.8 Å². The summed E-state index contributed by atoms with van der Waals surface area (Å²) in [6.45, 7) is 6.28. The van der Waals surface area contributed by atoms with Crippen molar-refractivity contribution in [3.8, 4) is 5.75 Å². The number of hydrogen-bond donors (Lipinski definition) is 1. The van der Waals surface area contributed by atoms with Gasteiger partial charge in [-0.3, -0.25) is 4.79 Å². The van der Waals surface area contributed by atoms with Gasteiger partial charge in [-0.05, 0) is 60.2 Å². The van der Waals surface area contributed by atoms with Crippen molar-refractivity contribution in [2.75, 3.05) is 7.11 Å². The highest BCUT2D eigenvalue weighted by Crippen LogP contribution is 2.17. The van der Waals surface area contributed by atoms with E-state index in [1.54, 1.807) is 13.3 Å². The summed E-state index contributed by atoms with van der Waals surface area (Å²) in [6.07, 6.45) is 2.67. The van der Waals surface area contributed by atoms with Crippen molar-refractivity contribution in [3.05, 3.63) is 65.2 Å². The van der Waals surface area contributed by atoms with Gasteiger partial charge in [-0.1, -0.05) is 38.1 Å². The summed E-state index contributed by atoms with van der Waals surface area (Å²) in [5.74, 6) is 1.04. The second-order valence-electron chi connectivity index (χ2n) is 6.57. The normalized spacial score (nSPS) is 12.4. The standard InChI is InChI=1S/C21H26N2O2/c1-15(2)13-17-5-9-19(10-6-17)16(3)21(24)23-22-14-18-7-11-20(25-4)12-8-18/h5-12,14-16H,13H2,1-4H3,(H,23,24)/b22-14+. The summed E-state index contributed by atoms with van der Waals surface area (Å²) >= 11 is 0. The Kier molecular flexibility index (Phi) is 6.75. The van der Waals surface area contributed by atoms with Crippen molar-refractivity contribution in [2.45, 2.75) is 33.1 Å². The summed E-state index contributed by atoms with van der Waals surface area (Å²) in [5.41, 5.74) is 5.78. The predicted molar refractivity (Wildman–Crippen MR) is 102 cm³/mol. The molecule has 132 valence electrons. The van der Waals surface area contributed by atoms with E-state index in [0.29, 0.717) is 5.92 Å². The van der Waals surface area contributed by atoms with Crippen molar-refractivity contribution < 1.29 is 9.53 Å². The first-order chi connectivity index (χ1) is 12.0. The quantitative estimate of drug-likeness (QED) is 0.609. The molecule has 0 aliphatic rings. The van der Waals surface area contributed by atoms with Crippen molar-refractivity contribution in [1.29, 1.82) is 0 Å². The molecule has 4 nitrogen and oxygen atoms in total. The lowest BCUT2D eigenvalue weighted by Gasteiger charge is -2.11. The molecule has 0 fully saturated rings. The Morgan fingerprint density at radius 1 is 1.08 bits per heavy atom. The van der Waals surface area contributed by atoms with Gasteiger partial charge in [-0.2, -0.15) is 5.10 Å². The number of methoxy groups -OCH3 is 1. The summed E-state index contributed by atoms with van der Waals surface area (Å²) in [4.78, 5) is 12.3. The average Bonchev–Trinajstić information content (AvgIpc) is 2.61. The number of carbonyl (C=O) groups excluding carboxylic acids is 1. The second kappa shape index (κ2) is 9.02. The molecule has 0 spiro atoms. The number of hydrazone groups is 1.